The fraction of sp³-hybridized carbons (Fsp3) is 0.353. The van der Waals surface area contributed by atoms with Gasteiger partial charge < -0.3 is 19.2 Å². The molecular formula is C17H20ClNO4. The molecule has 1 aromatic heterocycles. The number of carbonyl (C=O) groups excluding carboxylic acids is 1. The van der Waals surface area contributed by atoms with Crippen molar-refractivity contribution in [2.45, 2.75) is 20.0 Å². The van der Waals surface area contributed by atoms with Crippen molar-refractivity contribution in [1.82, 2.24) is 5.32 Å². The van der Waals surface area contributed by atoms with Crippen LogP contribution in [0.5, 0.6) is 5.75 Å². The summed E-state index contributed by atoms with van der Waals surface area (Å²) >= 11 is 5.89. The Morgan fingerprint density at radius 1 is 1.30 bits per heavy atom. The number of amides is 1. The highest BCUT2D eigenvalue weighted by Gasteiger charge is 2.11. The van der Waals surface area contributed by atoms with Gasteiger partial charge in [0, 0.05) is 24.8 Å². The molecule has 0 atom stereocenters. The Hall–Kier alpha value is -1.98. The summed E-state index contributed by atoms with van der Waals surface area (Å²) in [6, 6.07) is 10.5. The van der Waals surface area contributed by atoms with Gasteiger partial charge in [-0.3, -0.25) is 4.79 Å². The molecule has 0 aliphatic heterocycles. The summed E-state index contributed by atoms with van der Waals surface area (Å²) in [7, 11) is 0. The van der Waals surface area contributed by atoms with Gasteiger partial charge in [0.15, 0.2) is 5.76 Å². The zero-order chi connectivity index (χ0) is 16.5. The molecule has 1 heterocycles. The summed E-state index contributed by atoms with van der Waals surface area (Å²) in [4.78, 5) is 11.9. The SMILES string of the molecule is CCOCCCNC(=O)c1ccc(COc2cccc(Cl)c2)o1. The molecule has 0 fully saturated rings. The summed E-state index contributed by atoms with van der Waals surface area (Å²) in [5.41, 5.74) is 0. The number of hydrogen-bond donors (Lipinski definition) is 1. The van der Waals surface area contributed by atoms with Gasteiger partial charge in [-0.2, -0.15) is 0 Å². The van der Waals surface area contributed by atoms with Crippen molar-refractivity contribution in [2.75, 3.05) is 19.8 Å². The molecule has 0 saturated carbocycles. The van der Waals surface area contributed by atoms with E-state index in [1.807, 2.05) is 6.92 Å². The van der Waals surface area contributed by atoms with Crippen molar-refractivity contribution in [1.29, 1.82) is 0 Å². The van der Waals surface area contributed by atoms with Crippen LogP contribution in [0.4, 0.5) is 0 Å². The largest absolute Gasteiger partial charge is 0.486 e. The summed E-state index contributed by atoms with van der Waals surface area (Å²) in [5, 5.41) is 3.39. The van der Waals surface area contributed by atoms with Crippen LogP contribution in [0.15, 0.2) is 40.8 Å². The number of halogens is 1. The topological polar surface area (TPSA) is 60.7 Å². The maximum atomic E-state index is 11.9. The minimum absolute atomic E-state index is 0.234. The number of nitrogens with one attached hydrogen (secondary N) is 1. The van der Waals surface area contributed by atoms with Gasteiger partial charge >= 0.3 is 0 Å². The molecule has 23 heavy (non-hydrogen) atoms. The zero-order valence-corrected chi connectivity index (χ0v) is 13.8. The highest BCUT2D eigenvalue weighted by Crippen LogP contribution is 2.19. The van der Waals surface area contributed by atoms with Crippen LogP contribution >= 0.6 is 11.6 Å². The van der Waals surface area contributed by atoms with Crippen LogP contribution in [-0.2, 0) is 11.3 Å². The van der Waals surface area contributed by atoms with Crippen LogP contribution in [0.25, 0.3) is 0 Å². The molecule has 0 saturated heterocycles. The fourth-order valence-corrected chi connectivity index (χ4v) is 2.08. The first-order valence-corrected chi connectivity index (χ1v) is 7.90. The zero-order valence-electron chi connectivity index (χ0n) is 13.0. The number of rotatable bonds is 9. The summed E-state index contributed by atoms with van der Waals surface area (Å²) in [5.74, 6) is 1.25. The van der Waals surface area contributed by atoms with Crippen molar-refractivity contribution < 1.29 is 18.7 Å². The second kappa shape index (κ2) is 9.22. The van der Waals surface area contributed by atoms with Crippen molar-refractivity contribution in [3.05, 3.63) is 52.9 Å². The Morgan fingerprint density at radius 3 is 2.96 bits per heavy atom. The third-order valence-corrected chi connectivity index (χ3v) is 3.25. The van der Waals surface area contributed by atoms with E-state index < -0.39 is 0 Å². The number of hydrogen-bond acceptors (Lipinski definition) is 4. The Bertz CT molecular complexity index is 627. The van der Waals surface area contributed by atoms with E-state index in [4.69, 9.17) is 25.5 Å². The first-order valence-electron chi connectivity index (χ1n) is 7.52. The predicted molar refractivity (Wildman–Crippen MR) is 87.9 cm³/mol. The van der Waals surface area contributed by atoms with Crippen LogP contribution in [0.2, 0.25) is 5.02 Å². The highest BCUT2D eigenvalue weighted by atomic mass is 35.5. The molecule has 1 aromatic carbocycles. The number of ether oxygens (including phenoxy) is 2. The highest BCUT2D eigenvalue weighted by molar-refractivity contribution is 6.30. The van der Waals surface area contributed by atoms with E-state index >= 15 is 0 Å². The van der Waals surface area contributed by atoms with Gasteiger partial charge in [0.2, 0.25) is 0 Å². The molecule has 0 bridgehead atoms. The van der Waals surface area contributed by atoms with Crippen molar-refractivity contribution in [2.24, 2.45) is 0 Å². The van der Waals surface area contributed by atoms with E-state index in [1.54, 1.807) is 36.4 Å². The van der Waals surface area contributed by atoms with Gasteiger partial charge in [-0.1, -0.05) is 17.7 Å². The van der Waals surface area contributed by atoms with E-state index in [0.717, 1.165) is 6.42 Å². The number of carbonyl (C=O) groups is 1. The predicted octanol–water partition coefficient (Wildman–Crippen LogP) is 3.67. The molecule has 0 aliphatic carbocycles. The molecule has 5 nitrogen and oxygen atoms in total. The Labute approximate surface area is 140 Å². The number of furan rings is 1. The molecule has 2 rings (SSSR count). The van der Waals surface area contributed by atoms with Crippen LogP contribution < -0.4 is 10.1 Å². The van der Waals surface area contributed by atoms with Crippen molar-refractivity contribution >= 4 is 17.5 Å². The smallest absolute Gasteiger partial charge is 0.286 e. The third-order valence-electron chi connectivity index (χ3n) is 3.02. The lowest BCUT2D eigenvalue weighted by atomic mass is 10.3. The van der Waals surface area contributed by atoms with Gasteiger partial charge in [0.1, 0.15) is 18.1 Å². The molecule has 6 heteroatoms. The van der Waals surface area contributed by atoms with Gasteiger partial charge in [-0.15, -0.1) is 0 Å². The lowest BCUT2D eigenvalue weighted by molar-refractivity contribution is 0.0913. The second-order valence-corrected chi connectivity index (χ2v) is 5.25. The van der Waals surface area contributed by atoms with E-state index in [1.165, 1.54) is 0 Å². The molecular weight excluding hydrogens is 318 g/mol. The fourth-order valence-electron chi connectivity index (χ4n) is 1.90. The van der Waals surface area contributed by atoms with Gasteiger partial charge in [-0.05, 0) is 43.7 Å². The molecule has 0 radical (unpaired) electrons. The summed E-state index contributed by atoms with van der Waals surface area (Å²) in [6.07, 6.45) is 0.769. The van der Waals surface area contributed by atoms with E-state index in [-0.39, 0.29) is 18.3 Å². The second-order valence-electron chi connectivity index (χ2n) is 4.82. The van der Waals surface area contributed by atoms with Crippen LogP contribution in [-0.4, -0.2) is 25.7 Å². The molecule has 1 amide bonds. The maximum Gasteiger partial charge on any atom is 0.286 e. The first kappa shape index (κ1) is 17.4. The normalized spacial score (nSPS) is 10.5. The Balaban J connectivity index is 1.77. The molecule has 1 N–H and O–H groups in total. The molecule has 124 valence electrons. The standard InChI is InChI=1S/C17H20ClNO4/c1-2-21-10-4-9-19-17(20)16-8-7-15(23-16)12-22-14-6-3-5-13(18)11-14/h3,5-8,11H,2,4,9-10,12H2,1H3,(H,19,20). The Kier molecular flexibility index (Phi) is 6.97. The minimum atomic E-state index is -0.240. The maximum absolute atomic E-state index is 11.9. The van der Waals surface area contributed by atoms with Crippen LogP contribution in [0.1, 0.15) is 29.7 Å². The monoisotopic (exact) mass is 337 g/mol. The van der Waals surface area contributed by atoms with Crippen LogP contribution in [0.3, 0.4) is 0 Å². The molecule has 0 unspecified atom stereocenters. The lowest BCUT2D eigenvalue weighted by Gasteiger charge is -2.05. The lowest BCUT2D eigenvalue weighted by Crippen LogP contribution is -2.24. The van der Waals surface area contributed by atoms with Gasteiger partial charge in [0.25, 0.3) is 5.91 Å². The van der Waals surface area contributed by atoms with Gasteiger partial charge in [0.05, 0.1) is 0 Å². The quantitative estimate of drug-likeness (QED) is 0.709. The van der Waals surface area contributed by atoms with E-state index in [0.29, 0.717) is 36.3 Å². The van der Waals surface area contributed by atoms with Crippen LogP contribution in [0, 0.1) is 0 Å². The average Bonchev–Trinajstić information content (AvgIpc) is 3.02. The first-order chi connectivity index (χ1) is 11.2. The minimum Gasteiger partial charge on any atom is -0.486 e. The Morgan fingerprint density at radius 2 is 2.17 bits per heavy atom. The third kappa shape index (κ3) is 5.96. The van der Waals surface area contributed by atoms with Crippen molar-refractivity contribution in [3.63, 3.8) is 0 Å². The molecule has 0 aliphatic rings. The van der Waals surface area contributed by atoms with E-state index in [9.17, 15) is 4.79 Å². The average molecular weight is 338 g/mol. The summed E-state index contributed by atoms with van der Waals surface area (Å²) in [6.45, 7) is 4.04. The number of benzene rings is 1. The van der Waals surface area contributed by atoms with Crippen molar-refractivity contribution in [3.8, 4) is 5.75 Å². The van der Waals surface area contributed by atoms with Gasteiger partial charge in [-0.25, -0.2) is 0 Å². The van der Waals surface area contributed by atoms with E-state index in [2.05, 4.69) is 5.32 Å². The summed E-state index contributed by atoms with van der Waals surface area (Å²) < 4.78 is 16.2. The molecule has 2 aromatic rings. The molecule has 0 spiro atoms.